The Balaban J connectivity index is 1.81. The molecule has 3 rings (SSSR count). The van der Waals surface area contributed by atoms with Crippen molar-refractivity contribution in [2.24, 2.45) is 0 Å². The van der Waals surface area contributed by atoms with Gasteiger partial charge in [-0.1, -0.05) is 12.1 Å². The van der Waals surface area contributed by atoms with Crippen LogP contribution in [-0.4, -0.2) is 28.2 Å². The maximum Gasteiger partial charge on any atom is 0.226 e. The van der Waals surface area contributed by atoms with Crippen LogP contribution >= 0.6 is 0 Å². The van der Waals surface area contributed by atoms with Crippen LogP contribution in [0.25, 0.3) is 0 Å². The molecule has 1 aliphatic rings. The minimum atomic E-state index is 0.233. The Kier molecular flexibility index (Phi) is 3.82. The number of aromatic nitrogens is 3. The number of nitriles is 1. The molecule has 1 atom stereocenters. The quantitative estimate of drug-likeness (QED) is 0.859. The molecule has 2 aromatic heterocycles. The molecule has 0 saturated carbocycles. The first kappa shape index (κ1) is 13.6. The van der Waals surface area contributed by atoms with Crippen molar-refractivity contribution < 1.29 is 4.52 Å². The van der Waals surface area contributed by atoms with Crippen LogP contribution in [0.4, 0.5) is 5.82 Å². The average Bonchev–Trinajstić information content (AvgIpc) is 3.04. The van der Waals surface area contributed by atoms with E-state index in [0.29, 0.717) is 11.5 Å². The van der Waals surface area contributed by atoms with Gasteiger partial charge in [0, 0.05) is 31.6 Å². The van der Waals surface area contributed by atoms with Gasteiger partial charge in [0.2, 0.25) is 5.89 Å². The fourth-order valence-electron chi connectivity index (χ4n) is 2.69. The molecular weight excluding hydrogens is 266 g/mol. The maximum atomic E-state index is 9.21. The van der Waals surface area contributed by atoms with Crippen LogP contribution in [0.5, 0.6) is 0 Å². The van der Waals surface area contributed by atoms with Crippen molar-refractivity contribution in [2.75, 3.05) is 18.0 Å². The lowest BCUT2D eigenvalue weighted by molar-refractivity contribution is 0.368. The number of hydrogen-bond acceptors (Lipinski definition) is 6. The van der Waals surface area contributed by atoms with E-state index in [4.69, 9.17) is 4.52 Å². The molecule has 0 radical (unpaired) electrons. The Labute approximate surface area is 123 Å². The zero-order valence-corrected chi connectivity index (χ0v) is 12.0. The number of nitrogens with zero attached hydrogens (tertiary/aromatic N) is 5. The van der Waals surface area contributed by atoms with Gasteiger partial charge in [0.05, 0.1) is 5.56 Å². The van der Waals surface area contributed by atoms with Crippen molar-refractivity contribution in [2.45, 2.75) is 32.1 Å². The molecule has 1 aliphatic heterocycles. The zero-order chi connectivity index (χ0) is 14.7. The zero-order valence-electron chi connectivity index (χ0n) is 12.0. The lowest BCUT2D eigenvalue weighted by atomic mass is 9.97. The number of piperidine rings is 1. The summed E-state index contributed by atoms with van der Waals surface area (Å²) in [5.74, 6) is 2.43. The molecule has 0 unspecified atom stereocenters. The molecule has 0 bridgehead atoms. The van der Waals surface area contributed by atoms with E-state index in [1.807, 2.05) is 6.92 Å². The molecule has 108 valence electrons. The van der Waals surface area contributed by atoms with E-state index in [9.17, 15) is 5.26 Å². The lowest BCUT2D eigenvalue weighted by Crippen LogP contribution is -2.35. The minimum absolute atomic E-state index is 0.233. The van der Waals surface area contributed by atoms with Crippen LogP contribution in [0.1, 0.15) is 43.0 Å². The second-order valence-corrected chi connectivity index (χ2v) is 5.17. The highest BCUT2D eigenvalue weighted by atomic mass is 16.5. The van der Waals surface area contributed by atoms with Gasteiger partial charge in [-0.05, 0) is 25.0 Å². The van der Waals surface area contributed by atoms with Gasteiger partial charge >= 0.3 is 0 Å². The van der Waals surface area contributed by atoms with Gasteiger partial charge in [-0.2, -0.15) is 10.2 Å². The molecule has 0 amide bonds. The van der Waals surface area contributed by atoms with Crippen molar-refractivity contribution in [1.82, 2.24) is 15.1 Å². The van der Waals surface area contributed by atoms with E-state index in [2.05, 4.69) is 26.1 Å². The summed E-state index contributed by atoms with van der Waals surface area (Å²) in [5, 5.41) is 13.3. The van der Waals surface area contributed by atoms with Crippen molar-refractivity contribution in [1.29, 1.82) is 5.26 Å². The third-order valence-electron chi connectivity index (χ3n) is 3.78. The smallest absolute Gasteiger partial charge is 0.226 e. The molecule has 3 heterocycles. The Morgan fingerprint density at radius 1 is 1.52 bits per heavy atom. The van der Waals surface area contributed by atoms with E-state index in [1.54, 1.807) is 18.3 Å². The first-order valence-electron chi connectivity index (χ1n) is 7.24. The van der Waals surface area contributed by atoms with Crippen molar-refractivity contribution >= 4 is 5.82 Å². The number of hydrogen-bond donors (Lipinski definition) is 0. The summed E-state index contributed by atoms with van der Waals surface area (Å²) < 4.78 is 5.21. The standard InChI is InChI=1S/C15H17N5O/c1-2-13-18-14(19-21-13)12-6-4-8-20(10-12)15-11(9-16)5-3-7-17-15/h3,5,7,12H,2,4,6,8,10H2,1H3/t12-/m1/s1. The van der Waals surface area contributed by atoms with Crippen molar-refractivity contribution in [3.05, 3.63) is 35.6 Å². The second kappa shape index (κ2) is 5.92. The number of rotatable bonds is 3. The lowest BCUT2D eigenvalue weighted by Gasteiger charge is -2.32. The summed E-state index contributed by atoms with van der Waals surface area (Å²) in [6.07, 6.45) is 4.54. The van der Waals surface area contributed by atoms with Crippen molar-refractivity contribution in [3.63, 3.8) is 0 Å². The first-order valence-corrected chi connectivity index (χ1v) is 7.24. The highest BCUT2D eigenvalue weighted by Gasteiger charge is 2.27. The predicted octanol–water partition coefficient (Wildman–Crippen LogP) is 2.28. The maximum absolute atomic E-state index is 9.21. The van der Waals surface area contributed by atoms with Crippen LogP contribution < -0.4 is 4.90 Å². The topological polar surface area (TPSA) is 78.8 Å². The third-order valence-corrected chi connectivity index (χ3v) is 3.78. The second-order valence-electron chi connectivity index (χ2n) is 5.17. The van der Waals surface area contributed by atoms with Gasteiger partial charge in [0.25, 0.3) is 0 Å². The minimum Gasteiger partial charge on any atom is -0.355 e. The highest BCUT2D eigenvalue weighted by molar-refractivity contribution is 5.53. The SMILES string of the molecule is CCc1nc([C@@H]2CCCN(c3ncccc3C#N)C2)no1. The fourth-order valence-corrected chi connectivity index (χ4v) is 2.69. The molecule has 1 saturated heterocycles. The van der Waals surface area contributed by atoms with E-state index < -0.39 is 0 Å². The van der Waals surface area contributed by atoms with Crippen LogP contribution in [0.15, 0.2) is 22.9 Å². The highest BCUT2D eigenvalue weighted by Crippen LogP contribution is 2.29. The van der Waals surface area contributed by atoms with E-state index in [-0.39, 0.29) is 5.92 Å². The number of anilines is 1. The summed E-state index contributed by atoms with van der Waals surface area (Å²) >= 11 is 0. The first-order chi connectivity index (χ1) is 10.3. The monoisotopic (exact) mass is 283 g/mol. The van der Waals surface area contributed by atoms with Gasteiger partial charge < -0.3 is 9.42 Å². The van der Waals surface area contributed by atoms with Crippen LogP contribution in [0.3, 0.4) is 0 Å². The number of aryl methyl sites for hydroxylation is 1. The summed E-state index contributed by atoms with van der Waals surface area (Å²) in [7, 11) is 0. The third kappa shape index (κ3) is 2.72. The van der Waals surface area contributed by atoms with Crippen LogP contribution in [0.2, 0.25) is 0 Å². The summed E-state index contributed by atoms with van der Waals surface area (Å²) in [6, 6.07) is 5.80. The molecule has 6 nitrogen and oxygen atoms in total. The number of pyridine rings is 1. The van der Waals surface area contributed by atoms with E-state index in [0.717, 1.165) is 44.0 Å². The van der Waals surface area contributed by atoms with Gasteiger partial charge in [0.1, 0.15) is 11.9 Å². The van der Waals surface area contributed by atoms with E-state index >= 15 is 0 Å². The summed E-state index contributed by atoms with van der Waals surface area (Å²) in [5.41, 5.74) is 0.612. The normalized spacial score (nSPS) is 18.5. The van der Waals surface area contributed by atoms with Gasteiger partial charge in [-0.25, -0.2) is 4.98 Å². The summed E-state index contributed by atoms with van der Waals surface area (Å²) in [4.78, 5) is 10.9. The molecule has 0 aliphatic carbocycles. The Morgan fingerprint density at radius 2 is 2.43 bits per heavy atom. The molecule has 0 N–H and O–H groups in total. The van der Waals surface area contributed by atoms with Gasteiger partial charge in [-0.15, -0.1) is 0 Å². The molecular formula is C15H17N5O. The van der Waals surface area contributed by atoms with Crippen LogP contribution in [-0.2, 0) is 6.42 Å². The molecule has 6 heteroatoms. The van der Waals surface area contributed by atoms with Crippen molar-refractivity contribution in [3.8, 4) is 6.07 Å². The van der Waals surface area contributed by atoms with Crippen LogP contribution in [0, 0.1) is 11.3 Å². The Morgan fingerprint density at radius 3 is 3.19 bits per heavy atom. The molecule has 1 fully saturated rings. The van der Waals surface area contributed by atoms with E-state index in [1.165, 1.54) is 0 Å². The van der Waals surface area contributed by atoms with Gasteiger partial charge in [-0.3, -0.25) is 0 Å². The molecule has 0 aromatic carbocycles. The fraction of sp³-hybridized carbons (Fsp3) is 0.467. The van der Waals surface area contributed by atoms with Gasteiger partial charge in [0.15, 0.2) is 5.82 Å². The summed E-state index contributed by atoms with van der Waals surface area (Å²) in [6.45, 7) is 3.67. The molecule has 21 heavy (non-hydrogen) atoms. The Bertz CT molecular complexity index is 660. The predicted molar refractivity (Wildman–Crippen MR) is 76.8 cm³/mol. The largest absolute Gasteiger partial charge is 0.355 e. The Hall–Kier alpha value is -2.42. The average molecular weight is 283 g/mol. The molecule has 2 aromatic rings. The molecule has 0 spiro atoms.